The van der Waals surface area contributed by atoms with E-state index in [1.807, 2.05) is 66.7 Å². The van der Waals surface area contributed by atoms with Gasteiger partial charge in [0.2, 0.25) is 0 Å². The highest BCUT2D eigenvalue weighted by Crippen LogP contribution is 2.25. The van der Waals surface area contributed by atoms with Gasteiger partial charge in [-0.3, -0.25) is 4.79 Å². The molecule has 1 aromatic heterocycles. The smallest absolute Gasteiger partial charge is 0.177 e. The highest BCUT2D eigenvalue weighted by atomic mass is 16.5. The molecule has 0 fully saturated rings. The van der Waals surface area contributed by atoms with Gasteiger partial charge in [-0.15, -0.1) is 0 Å². The maximum absolute atomic E-state index is 11.4. The first kappa shape index (κ1) is 13.1. The first-order chi connectivity index (χ1) is 10.4. The summed E-state index contributed by atoms with van der Waals surface area (Å²) in [5, 5.41) is 3.99. The molecule has 2 aromatic carbocycles. The fraction of sp³-hybridized carbons (Fsp3) is 0. The van der Waals surface area contributed by atoms with Gasteiger partial charge < -0.3 is 4.52 Å². The van der Waals surface area contributed by atoms with Crippen LogP contribution in [-0.4, -0.2) is 11.4 Å². The van der Waals surface area contributed by atoms with Gasteiger partial charge in [0.1, 0.15) is 5.69 Å². The molecule has 0 N–H and O–H groups in total. The van der Waals surface area contributed by atoms with Crippen molar-refractivity contribution in [3.63, 3.8) is 0 Å². The van der Waals surface area contributed by atoms with Gasteiger partial charge in [-0.25, -0.2) is 0 Å². The molecular formula is C18H13NO2. The lowest BCUT2D eigenvalue weighted by Gasteiger charge is -1.95. The van der Waals surface area contributed by atoms with Crippen molar-refractivity contribution in [3.05, 3.63) is 77.5 Å². The van der Waals surface area contributed by atoms with E-state index < -0.39 is 0 Å². The highest BCUT2D eigenvalue weighted by Gasteiger charge is 2.14. The lowest BCUT2D eigenvalue weighted by molar-refractivity contribution is 0.112. The second-order valence-corrected chi connectivity index (χ2v) is 4.54. The van der Waals surface area contributed by atoms with Crippen molar-refractivity contribution in [2.45, 2.75) is 0 Å². The van der Waals surface area contributed by atoms with Crippen molar-refractivity contribution in [1.29, 1.82) is 0 Å². The lowest BCUT2D eigenvalue weighted by atomic mass is 10.1. The van der Waals surface area contributed by atoms with E-state index in [1.165, 1.54) is 0 Å². The predicted octanol–water partition coefficient (Wildman–Crippen LogP) is 4.32. The number of nitrogens with zero attached hydrogens (tertiary/aromatic N) is 1. The maximum Gasteiger partial charge on any atom is 0.177 e. The quantitative estimate of drug-likeness (QED) is 0.666. The van der Waals surface area contributed by atoms with E-state index >= 15 is 0 Å². The fourth-order valence-electron chi connectivity index (χ4n) is 2.08. The van der Waals surface area contributed by atoms with Crippen LogP contribution in [0, 0.1) is 0 Å². The number of aromatic nitrogens is 1. The lowest BCUT2D eigenvalue weighted by Crippen LogP contribution is -1.85. The molecule has 0 atom stereocenters. The van der Waals surface area contributed by atoms with Crippen LogP contribution < -0.4 is 0 Å². The summed E-state index contributed by atoms with van der Waals surface area (Å²) in [5.41, 5.74) is 2.88. The standard InChI is InChI=1S/C18H13NO2/c20-13-16-17(12-11-14-7-3-1-4-8-14)19-21-18(16)15-9-5-2-6-10-15/h1-13H/b12-11+. The molecule has 0 aliphatic carbocycles. The van der Waals surface area contributed by atoms with Crippen LogP contribution >= 0.6 is 0 Å². The Morgan fingerprint density at radius 3 is 2.19 bits per heavy atom. The molecular weight excluding hydrogens is 262 g/mol. The predicted molar refractivity (Wildman–Crippen MR) is 82.7 cm³/mol. The van der Waals surface area contributed by atoms with Crippen LogP contribution in [0.4, 0.5) is 0 Å². The molecule has 0 spiro atoms. The van der Waals surface area contributed by atoms with Crippen LogP contribution in [0.25, 0.3) is 23.5 Å². The van der Waals surface area contributed by atoms with Gasteiger partial charge in [0.15, 0.2) is 12.0 Å². The third-order valence-corrected chi connectivity index (χ3v) is 3.14. The molecule has 0 amide bonds. The Hall–Kier alpha value is -2.94. The summed E-state index contributed by atoms with van der Waals surface area (Å²) in [7, 11) is 0. The average Bonchev–Trinajstić information content (AvgIpc) is 2.97. The Labute approximate surface area is 122 Å². The number of rotatable bonds is 4. The summed E-state index contributed by atoms with van der Waals surface area (Å²) in [6.45, 7) is 0. The monoisotopic (exact) mass is 275 g/mol. The molecule has 1 heterocycles. The van der Waals surface area contributed by atoms with Crippen LogP contribution in [0.2, 0.25) is 0 Å². The second-order valence-electron chi connectivity index (χ2n) is 4.54. The van der Waals surface area contributed by atoms with Gasteiger partial charge in [0, 0.05) is 5.56 Å². The number of hydrogen-bond acceptors (Lipinski definition) is 3. The van der Waals surface area contributed by atoms with E-state index in [4.69, 9.17) is 4.52 Å². The third-order valence-electron chi connectivity index (χ3n) is 3.14. The summed E-state index contributed by atoms with van der Waals surface area (Å²) in [5.74, 6) is 0.498. The molecule has 0 aliphatic rings. The average molecular weight is 275 g/mol. The van der Waals surface area contributed by atoms with Crippen molar-refractivity contribution in [1.82, 2.24) is 5.16 Å². The molecule has 0 radical (unpaired) electrons. The second kappa shape index (κ2) is 6.01. The molecule has 0 saturated heterocycles. The molecule has 3 heteroatoms. The number of carbonyl (C=O) groups excluding carboxylic acids is 1. The van der Waals surface area contributed by atoms with Crippen molar-refractivity contribution >= 4 is 18.4 Å². The van der Waals surface area contributed by atoms with Gasteiger partial charge in [-0.05, 0) is 11.6 Å². The SMILES string of the molecule is O=Cc1c(/C=C/c2ccccc2)noc1-c1ccccc1. The number of benzene rings is 2. The Morgan fingerprint density at radius 2 is 1.52 bits per heavy atom. The molecule has 102 valence electrons. The topological polar surface area (TPSA) is 43.1 Å². The van der Waals surface area contributed by atoms with E-state index in [2.05, 4.69) is 5.16 Å². The first-order valence-corrected chi connectivity index (χ1v) is 6.62. The zero-order valence-corrected chi connectivity index (χ0v) is 11.3. The van der Waals surface area contributed by atoms with E-state index in [0.717, 1.165) is 17.4 Å². The molecule has 3 rings (SSSR count). The van der Waals surface area contributed by atoms with Crippen molar-refractivity contribution in [2.75, 3.05) is 0 Å². The maximum atomic E-state index is 11.4. The molecule has 0 aliphatic heterocycles. The number of hydrogen-bond donors (Lipinski definition) is 0. The van der Waals surface area contributed by atoms with Gasteiger partial charge in [0.05, 0.1) is 5.56 Å². The zero-order valence-electron chi connectivity index (χ0n) is 11.3. The number of carbonyl (C=O) groups is 1. The van der Waals surface area contributed by atoms with Crippen LogP contribution in [-0.2, 0) is 0 Å². The Balaban J connectivity index is 1.96. The summed E-state index contributed by atoms with van der Waals surface area (Å²) < 4.78 is 5.33. The van der Waals surface area contributed by atoms with Crippen LogP contribution in [0.15, 0.2) is 65.2 Å². The minimum Gasteiger partial charge on any atom is -0.355 e. The summed E-state index contributed by atoms with van der Waals surface area (Å²) in [4.78, 5) is 11.4. The minimum absolute atomic E-state index is 0.466. The highest BCUT2D eigenvalue weighted by molar-refractivity contribution is 5.90. The van der Waals surface area contributed by atoms with E-state index in [0.29, 0.717) is 17.0 Å². The largest absolute Gasteiger partial charge is 0.355 e. The van der Waals surface area contributed by atoms with E-state index in [1.54, 1.807) is 6.08 Å². The van der Waals surface area contributed by atoms with E-state index in [9.17, 15) is 4.79 Å². The molecule has 3 aromatic rings. The third kappa shape index (κ3) is 2.82. The molecule has 0 unspecified atom stereocenters. The van der Waals surface area contributed by atoms with E-state index in [-0.39, 0.29) is 0 Å². The Kier molecular flexibility index (Phi) is 3.74. The van der Waals surface area contributed by atoms with Gasteiger partial charge >= 0.3 is 0 Å². The van der Waals surface area contributed by atoms with Crippen molar-refractivity contribution < 1.29 is 9.32 Å². The van der Waals surface area contributed by atoms with Crippen LogP contribution in [0.5, 0.6) is 0 Å². The van der Waals surface area contributed by atoms with Gasteiger partial charge in [-0.2, -0.15) is 0 Å². The van der Waals surface area contributed by atoms with Crippen molar-refractivity contribution in [3.8, 4) is 11.3 Å². The summed E-state index contributed by atoms with van der Waals surface area (Å²) in [6, 6.07) is 19.3. The molecule has 0 bridgehead atoms. The molecule has 21 heavy (non-hydrogen) atoms. The first-order valence-electron chi connectivity index (χ1n) is 6.62. The van der Waals surface area contributed by atoms with Crippen molar-refractivity contribution in [2.24, 2.45) is 0 Å². The van der Waals surface area contributed by atoms with Gasteiger partial charge in [0.25, 0.3) is 0 Å². The zero-order chi connectivity index (χ0) is 14.5. The Bertz CT molecular complexity index is 758. The minimum atomic E-state index is 0.466. The molecule has 0 saturated carbocycles. The summed E-state index contributed by atoms with van der Waals surface area (Å²) in [6.07, 6.45) is 4.47. The van der Waals surface area contributed by atoms with Gasteiger partial charge in [-0.1, -0.05) is 71.9 Å². The van der Waals surface area contributed by atoms with Crippen LogP contribution in [0.3, 0.4) is 0 Å². The number of aldehydes is 1. The normalized spacial score (nSPS) is 10.9. The Morgan fingerprint density at radius 1 is 0.857 bits per heavy atom. The summed E-state index contributed by atoms with van der Waals surface area (Å²) >= 11 is 0. The fourth-order valence-corrected chi connectivity index (χ4v) is 2.08. The van der Waals surface area contributed by atoms with Crippen LogP contribution in [0.1, 0.15) is 21.6 Å². The molecule has 3 nitrogen and oxygen atoms in total.